The zero-order chi connectivity index (χ0) is 17.0. The van der Waals surface area contributed by atoms with Gasteiger partial charge in [-0.05, 0) is 37.1 Å². The number of hydrogen-bond donors (Lipinski definition) is 0. The summed E-state index contributed by atoms with van der Waals surface area (Å²) in [5, 5.41) is 0. The van der Waals surface area contributed by atoms with Crippen LogP contribution in [0.3, 0.4) is 0 Å². The number of likely N-dealkylation sites (N-methyl/N-ethyl adjacent to an activating group) is 1. The van der Waals surface area contributed by atoms with Gasteiger partial charge in [0.15, 0.2) is 0 Å². The number of benzene rings is 2. The second kappa shape index (κ2) is 6.86. The lowest BCUT2D eigenvalue weighted by molar-refractivity contribution is -0.135. The molecular weight excluding hydrogens is 284 g/mol. The fraction of sp³-hybridized carbons (Fsp3) is 0.350. The lowest BCUT2D eigenvalue weighted by Crippen LogP contribution is -2.40. The minimum Gasteiger partial charge on any atom is -0.378 e. The maximum atomic E-state index is 12.9. The molecule has 0 aliphatic rings. The van der Waals surface area contributed by atoms with E-state index in [1.54, 1.807) is 4.90 Å². The van der Waals surface area contributed by atoms with Gasteiger partial charge in [0.25, 0.3) is 0 Å². The number of hydrogen-bond acceptors (Lipinski definition) is 2. The summed E-state index contributed by atoms with van der Waals surface area (Å²) in [5.41, 5.74) is 2.81. The molecule has 0 aliphatic heterocycles. The van der Waals surface area contributed by atoms with E-state index < -0.39 is 5.41 Å². The summed E-state index contributed by atoms with van der Waals surface area (Å²) in [6, 6.07) is 18.3. The molecular formula is C20H26N2O. The van der Waals surface area contributed by atoms with Gasteiger partial charge in [0.1, 0.15) is 0 Å². The standard InChI is InChI=1S/C20H26N2O/c1-20(2,17-9-7-6-8-10-17)19(23)22(5)15-16-11-13-18(14-12-16)21(3)4/h6-14H,15H2,1-5H3. The molecule has 0 saturated carbocycles. The van der Waals surface area contributed by atoms with E-state index in [0.29, 0.717) is 6.54 Å². The monoisotopic (exact) mass is 310 g/mol. The third-order valence-electron chi connectivity index (χ3n) is 4.25. The summed E-state index contributed by atoms with van der Waals surface area (Å²) in [5.74, 6) is 0.125. The van der Waals surface area contributed by atoms with Crippen LogP contribution in [0.15, 0.2) is 54.6 Å². The Morgan fingerprint density at radius 3 is 2.00 bits per heavy atom. The quantitative estimate of drug-likeness (QED) is 0.841. The van der Waals surface area contributed by atoms with Crippen LogP contribution in [0.5, 0.6) is 0 Å². The van der Waals surface area contributed by atoms with Gasteiger partial charge in [0.05, 0.1) is 5.41 Å². The van der Waals surface area contributed by atoms with Gasteiger partial charge in [-0.2, -0.15) is 0 Å². The van der Waals surface area contributed by atoms with E-state index in [2.05, 4.69) is 29.2 Å². The molecule has 0 aliphatic carbocycles. The van der Waals surface area contributed by atoms with Crippen molar-refractivity contribution in [3.8, 4) is 0 Å². The first-order valence-corrected chi connectivity index (χ1v) is 7.89. The van der Waals surface area contributed by atoms with Crippen LogP contribution in [0.1, 0.15) is 25.0 Å². The predicted molar refractivity (Wildman–Crippen MR) is 96.7 cm³/mol. The molecule has 122 valence electrons. The fourth-order valence-corrected chi connectivity index (χ4v) is 2.70. The summed E-state index contributed by atoms with van der Waals surface area (Å²) < 4.78 is 0. The minimum atomic E-state index is -0.528. The molecule has 0 saturated heterocycles. The molecule has 0 fully saturated rings. The Bertz CT molecular complexity index is 645. The SMILES string of the molecule is CN(Cc1ccc(N(C)C)cc1)C(=O)C(C)(C)c1ccccc1. The lowest BCUT2D eigenvalue weighted by Gasteiger charge is -2.30. The highest BCUT2D eigenvalue weighted by atomic mass is 16.2. The van der Waals surface area contributed by atoms with Crippen LogP contribution in [0, 0.1) is 0 Å². The van der Waals surface area contributed by atoms with Crippen LogP contribution >= 0.6 is 0 Å². The zero-order valence-corrected chi connectivity index (χ0v) is 14.7. The predicted octanol–water partition coefficient (Wildman–Crippen LogP) is 3.69. The van der Waals surface area contributed by atoms with E-state index in [0.717, 1.165) is 16.8 Å². The maximum absolute atomic E-state index is 12.9. The Balaban J connectivity index is 2.10. The highest BCUT2D eigenvalue weighted by Crippen LogP contribution is 2.26. The second-order valence-electron chi connectivity index (χ2n) is 6.71. The molecule has 3 nitrogen and oxygen atoms in total. The van der Waals surface area contributed by atoms with E-state index in [9.17, 15) is 4.79 Å². The number of carbonyl (C=O) groups excluding carboxylic acids is 1. The molecule has 0 heterocycles. The molecule has 0 unspecified atom stereocenters. The first kappa shape index (κ1) is 17.1. The van der Waals surface area contributed by atoms with Crippen molar-refractivity contribution in [2.45, 2.75) is 25.8 Å². The second-order valence-corrected chi connectivity index (χ2v) is 6.71. The van der Waals surface area contributed by atoms with Crippen molar-refractivity contribution >= 4 is 11.6 Å². The Morgan fingerprint density at radius 1 is 0.913 bits per heavy atom. The molecule has 2 aromatic carbocycles. The molecule has 0 spiro atoms. The van der Waals surface area contributed by atoms with E-state index in [1.165, 1.54) is 0 Å². The van der Waals surface area contributed by atoms with Gasteiger partial charge in [-0.1, -0.05) is 42.5 Å². The van der Waals surface area contributed by atoms with Crippen molar-refractivity contribution in [2.75, 3.05) is 26.0 Å². The Morgan fingerprint density at radius 2 is 1.48 bits per heavy atom. The molecule has 2 rings (SSSR count). The Hall–Kier alpha value is -2.29. The van der Waals surface area contributed by atoms with Crippen LogP contribution in [-0.2, 0) is 16.8 Å². The Labute approximate surface area is 139 Å². The summed E-state index contributed by atoms with van der Waals surface area (Å²) >= 11 is 0. The van der Waals surface area contributed by atoms with Crippen molar-refractivity contribution in [1.82, 2.24) is 4.90 Å². The molecule has 0 radical (unpaired) electrons. The van der Waals surface area contributed by atoms with E-state index in [4.69, 9.17) is 0 Å². The van der Waals surface area contributed by atoms with Gasteiger partial charge in [-0.3, -0.25) is 4.79 Å². The van der Waals surface area contributed by atoms with Crippen LogP contribution in [0.4, 0.5) is 5.69 Å². The molecule has 1 amide bonds. The van der Waals surface area contributed by atoms with Crippen molar-refractivity contribution in [2.24, 2.45) is 0 Å². The topological polar surface area (TPSA) is 23.6 Å². The third-order valence-corrected chi connectivity index (χ3v) is 4.25. The smallest absolute Gasteiger partial charge is 0.232 e. The number of carbonyl (C=O) groups is 1. The van der Waals surface area contributed by atoms with E-state index in [-0.39, 0.29) is 5.91 Å². The molecule has 23 heavy (non-hydrogen) atoms. The van der Waals surface area contributed by atoms with Gasteiger partial charge in [0, 0.05) is 33.4 Å². The highest BCUT2D eigenvalue weighted by Gasteiger charge is 2.32. The van der Waals surface area contributed by atoms with Gasteiger partial charge in [-0.15, -0.1) is 0 Å². The molecule has 0 bridgehead atoms. The van der Waals surface area contributed by atoms with Crippen molar-refractivity contribution < 1.29 is 4.79 Å². The van der Waals surface area contributed by atoms with Crippen molar-refractivity contribution in [3.63, 3.8) is 0 Å². The molecule has 0 N–H and O–H groups in total. The first-order valence-electron chi connectivity index (χ1n) is 7.89. The van der Waals surface area contributed by atoms with Crippen LogP contribution in [0.25, 0.3) is 0 Å². The number of rotatable bonds is 5. The lowest BCUT2D eigenvalue weighted by atomic mass is 9.83. The summed E-state index contributed by atoms with van der Waals surface area (Å²) in [6.45, 7) is 4.58. The average molecular weight is 310 g/mol. The largest absolute Gasteiger partial charge is 0.378 e. The zero-order valence-electron chi connectivity index (χ0n) is 14.7. The van der Waals surface area contributed by atoms with E-state index >= 15 is 0 Å². The normalized spacial score (nSPS) is 11.2. The molecule has 3 heteroatoms. The van der Waals surface area contributed by atoms with Gasteiger partial charge < -0.3 is 9.80 Å². The maximum Gasteiger partial charge on any atom is 0.232 e. The average Bonchev–Trinajstić information content (AvgIpc) is 2.55. The summed E-state index contributed by atoms with van der Waals surface area (Å²) in [4.78, 5) is 16.7. The van der Waals surface area contributed by atoms with Crippen LogP contribution < -0.4 is 4.90 Å². The Kier molecular flexibility index (Phi) is 5.09. The number of amides is 1. The molecule has 2 aromatic rings. The molecule has 0 atom stereocenters. The number of anilines is 1. The third kappa shape index (κ3) is 3.92. The van der Waals surface area contributed by atoms with E-state index in [1.807, 2.05) is 65.3 Å². The first-order chi connectivity index (χ1) is 10.8. The van der Waals surface area contributed by atoms with Crippen LogP contribution in [-0.4, -0.2) is 32.0 Å². The van der Waals surface area contributed by atoms with Crippen LogP contribution in [0.2, 0.25) is 0 Å². The van der Waals surface area contributed by atoms with Gasteiger partial charge in [-0.25, -0.2) is 0 Å². The van der Waals surface area contributed by atoms with Gasteiger partial charge in [0.2, 0.25) is 5.91 Å². The van der Waals surface area contributed by atoms with Crippen molar-refractivity contribution in [1.29, 1.82) is 0 Å². The number of nitrogens with zero attached hydrogens (tertiary/aromatic N) is 2. The summed E-state index contributed by atoms with van der Waals surface area (Å²) in [7, 11) is 5.91. The fourth-order valence-electron chi connectivity index (χ4n) is 2.70. The van der Waals surface area contributed by atoms with Crippen molar-refractivity contribution in [3.05, 3.63) is 65.7 Å². The highest BCUT2D eigenvalue weighted by molar-refractivity contribution is 5.87. The summed E-state index contributed by atoms with van der Waals surface area (Å²) in [6.07, 6.45) is 0. The molecule has 0 aromatic heterocycles. The minimum absolute atomic E-state index is 0.125. The van der Waals surface area contributed by atoms with Gasteiger partial charge >= 0.3 is 0 Å².